The molecule has 35 heavy (non-hydrogen) atoms. The Labute approximate surface area is 209 Å². The van der Waals surface area contributed by atoms with E-state index in [-0.39, 0.29) is 23.5 Å². The summed E-state index contributed by atoms with van der Waals surface area (Å²) in [4.78, 5) is 18.3. The van der Waals surface area contributed by atoms with Crippen molar-refractivity contribution in [2.24, 2.45) is 0 Å². The van der Waals surface area contributed by atoms with E-state index in [4.69, 9.17) is 5.26 Å². The van der Waals surface area contributed by atoms with Gasteiger partial charge in [-0.1, -0.05) is 17.4 Å². The molecule has 0 spiro atoms. The molecule has 2 atom stereocenters. The molecule has 7 nitrogen and oxygen atoms in total. The first-order chi connectivity index (χ1) is 16.3. The number of rotatable bonds is 6. The summed E-state index contributed by atoms with van der Waals surface area (Å²) in [5.74, 6) is 0.575. The summed E-state index contributed by atoms with van der Waals surface area (Å²) in [6.45, 7) is 0.717. The number of halogens is 4. The van der Waals surface area contributed by atoms with Crippen molar-refractivity contribution in [3.63, 3.8) is 0 Å². The molecule has 2 N–H and O–H groups in total. The SMILES string of the molecule is CN(c1ncnc2sc(CC(F)(F)F)nc12)[C@@H]1CC[C@H](NCc2ccc3[nH]c(C#N)cc3c2)C1.Cl. The van der Waals surface area contributed by atoms with Gasteiger partial charge in [0.05, 0.1) is 6.42 Å². The Balaban J connectivity index is 0.00000289. The van der Waals surface area contributed by atoms with Crippen LogP contribution in [-0.2, 0) is 13.0 Å². The summed E-state index contributed by atoms with van der Waals surface area (Å²) < 4.78 is 38.4. The van der Waals surface area contributed by atoms with E-state index in [1.807, 2.05) is 30.1 Å². The van der Waals surface area contributed by atoms with Crippen molar-refractivity contribution in [3.8, 4) is 6.07 Å². The molecule has 0 saturated heterocycles. The van der Waals surface area contributed by atoms with E-state index in [0.717, 1.165) is 53.6 Å². The molecule has 0 unspecified atom stereocenters. The zero-order valence-corrected chi connectivity index (χ0v) is 20.4. The van der Waals surface area contributed by atoms with Gasteiger partial charge in [0.1, 0.15) is 33.4 Å². The Kier molecular flexibility index (Phi) is 7.17. The molecule has 0 radical (unpaired) electrons. The quantitative estimate of drug-likeness (QED) is 0.366. The second kappa shape index (κ2) is 9.97. The average Bonchev–Trinajstić information content (AvgIpc) is 3.52. The number of aromatic nitrogens is 4. The molecule has 1 aliphatic rings. The van der Waals surface area contributed by atoms with Crippen LogP contribution < -0.4 is 10.2 Å². The third kappa shape index (κ3) is 5.50. The van der Waals surface area contributed by atoms with Gasteiger partial charge in [0, 0.05) is 36.6 Å². The first-order valence-corrected chi connectivity index (χ1v) is 11.8. The minimum Gasteiger partial charge on any atom is -0.355 e. The van der Waals surface area contributed by atoms with Crippen molar-refractivity contribution in [3.05, 3.63) is 46.9 Å². The minimum absolute atomic E-state index is 0. The molecule has 1 aromatic carbocycles. The predicted octanol–water partition coefficient (Wildman–Crippen LogP) is 5.11. The lowest BCUT2D eigenvalue weighted by Crippen LogP contribution is -2.33. The van der Waals surface area contributed by atoms with Crippen molar-refractivity contribution in [1.29, 1.82) is 5.26 Å². The third-order valence-electron chi connectivity index (χ3n) is 6.26. The summed E-state index contributed by atoms with van der Waals surface area (Å²) in [6, 6.07) is 10.6. The molecule has 0 aliphatic heterocycles. The van der Waals surface area contributed by atoms with Gasteiger partial charge in [-0.05, 0) is 43.0 Å². The highest BCUT2D eigenvalue weighted by Gasteiger charge is 2.32. The average molecular weight is 522 g/mol. The van der Waals surface area contributed by atoms with Gasteiger partial charge in [0.15, 0.2) is 5.82 Å². The smallest absolute Gasteiger partial charge is 0.355 e. The van der Waals surface area contributed by atoms with E-state index < -0.39 is 12.6 Å². The fraction of sp³-hybridized carbons (Fsp3) is 0.391. The minimum atomic E-state index is -4.30. The van der Waals surface area contributed by atoms with E-state index in [1.54, 1.807) is 0 Å². The van der Waals surface area contributed by atoms with E-state index in [1.165, 1.54) is 6.33 Å². The van der Waals surface area contributed by atoms with Gasteiger partial charge in [-0.15, -0.1) is 12.4 Å². The Bertz CT molecular complexity index is 1380. The molecule has 0 bridgehead atoms. The monoisotopic (exact) mass is 521 g/mol. The molecule has 184 valence electrons. The number of anilines is 1. The number of benzene rings is 1. The number of alkyl halides is 3. The molecule has 0 amide bonds. The third-order valence-corrected chi connectivity index (χ3v) is 7.22. The second-order valence-electron chi connectivity index (χ2n) is 8.62. The van der Waals surface area contributed by atoms with Gasteiger partial charge in [-0.3, -0.25) is 0 Å². The van der Waals surface area contributed by atoms with Crippen molar-refractivity contribution in [1.82, 2.24) is 25.3 Å². The molecule has 3 heterocycles. The van der Waals surface area contributed by atoms with E-state index in [0.29, 0.717) is 27.9 Å². The van der Waals surface area contributed by atoms with Gasteiger partial charge in [-0.2, -0.15) is 18.4 Å². The largest absolute Gasteiger partial charge is 0.395 e. The number of hydrogen-bond acceptors (Lipinski definition) is 7. The van der Waals surface area contributed by atoms with Crippen molar-refractivity contribution in [2.75, 3.05) is 11.9 Å². The lowest BCUT2D eigenvalue weighted by atomic mass is 10.1. The molecule has 5 rings (SSSR count). The van der Waals surface area contributed by atoms with Gasteiger partial charge in [-0.25, -0.2) is 15.0 Å². The summed E-state index contributed by atoms with van der Waals surface area (Å²) in [6.07, 6.45) is -1.14. The van der Waals surface area contributed by atoms with Crippen LogP contribution in [0.15, 0.2) is 30.6 Å². The highest BCUT2D eigenvalue weighted by molar-refractivity contribution is 7.18. The highest BCUT2D eigenvalue weighted by atomic mass is 35.5. The molecule has 1 fully saturated rings. The Hall–Kier alpha value is -2.94. The number of hydrogen-bond donors (Lipinski definition) is 2. The Morgan fingerprint density at radius 3 is 2.86 bits per heavy atom. The second-order valence-corrected chi connectivity index (χ2v) is 9.68. The number of nitrogens with zero attached hydrogens (tertiary/aromatic N) is 5. The maximum Gasteiger partial charge on any atom is 0.395 e. The zero-order valence-electron chi connectivity index (χ0n) is 18.8. The Morgan fingerprint density at radius 1 is 1.26 bits per heavy atom. The molecular weight excluding hydrogens is 499 g/mol. The highest BCUT2D eigenvalue weighted by Crippen LogP contribution is 2.33. The molecular formula is C23H23ClF3N7S. The maximum atomic E-state index is 12.8. The number of fused-ring (bicyclic) bond motifs is 2. The van der Waals surface area contributed by atoms with E-state index in [9.17, 15) is 13.2 Å². The van der Waals surface area contributed by atoms with Gasteiger partial charge < -0.3 is 15.2 Å². The molecule has 1 saturated carbocycles. The van der Waals surface area contributed by atoms with Gasteiger partial charge >= 0.3 is 6.18 Å². The normalized spacial score (nSPS) is 18.0. The molecule has 1 aliphatic carbocycles. The van der Waals surface area contributed by atoms with Crippen LogP contribution in [0.4, 0.5) is 19.0 Å². The zero-order chi connectivity index (χ0) is 23.9. The van der Waals surface area contributed by atoms with Crippen LogP contribution in [0.3, 0.4) is 0 Å². The van der Waals surface area contributed by atoms with E-state index in [2.05, 4.69) is 37.4 Å². The van der Waals surface area contributed by atoms with Crippen LogP contribution in [0.25, 0.3) is 21.3 Å². The topological polar surface area (TPSA) is 93.5 Å². The summed E-state index contributed by atoms with van der Waals surface area (Å²) in [7, 11) is 1.92. The number of nitriles is 1. The van der Waals surface area contributed by atoms with Crippen LogP contribution in [0.1, 0.15) is 35.5 Å². The number of aromatic amines is 1. The predicted molar refractivity (Wildman–Crippen MR) is 132 cm³/mol. The fourth-order valence-corrected chi connectivity index (χ4v) is 5.50. The summed E-state index contributed by atoms with van der Waals surface area (Å²) >= 11 is 0.967. The first kappa shape index (κ1) is 25.2. The van der Waals surface area contributed by atoms with Crippen LogP contribution in [0, 0.1) is 11.3 Å². The lowest BCUT2D eigenvalue weighted by Gasteiger charge is -2.26. The Morgan fingerprint density at radius 2 is 2.09 bits per heavy atom. The molecule has 12 heteroatoms. The summed E-state index contributed by atoms with van der Waals surface area (Å²) in [5, 5.41) is 13.7. The standard InChI is InChI=1S/C23H22F3N7S.ClH/c1-33(21-20-22(30-12-29-21)34-19(32-20)9-23(24,25)26)17-4-3-15(8-17)28-11-13-2-5-18-14(6-13)7-16(10-27)31-18;/h2,5-7,12,15,17,28,31H,3-4,8-9,11H2,1H3;1H/t15-,17+;/m0./s1. The summed E-state index contributed by atoms with van der Waals surface area (Å²) in [5.41, 5.74) is 3.07. The van der Waals surface area contributed by atoms with Gasteiger partial charge in [0.2, 0.25) is 0 Å². The van der Waals surface area contributed by atoms with Crippen molar-refractivity contribution in [2.45, 2.75) is 50.5 Å². The van der Waals surface area contributed by atoms with Crippen molar-refractivity contribution < 1.29 is 13.2 Å². The van der Waals surface area contributed by atoms with Crippen LogP contribution in [0.2, 0.25) is 0 Å². The maximum absolute atomic E-state index is 12.8. The number of nitrogens with one attached hydrogen (secondary N) is 2. The van der Waals surface area contributed by atoms with E-state index >= 15 is 0 Å². The fourth-order valence-electron chi connectivity index (χ4n) is 4.57. The number of H-pyrrole nitrogens is 1. The first-order valence-electron chi connectivity index (χ1n) is 10.9. The molecule has 3 aromatic heterocycles. The van der Waals surface area contributed by atoms with Gasteiger partial charge in [0.25, 0.3) is 0 Å². The van der Waals surface area contributed by atoms with Crippen molar-refractivity contribution >= 4 is 50.8 Å². The van der Waals surface area contributed by atoms with Crippen LogP contribution in [-0.4, -0.2) is 45.2 Å². The molecule has 4 aromatic rings. The lowest BCUT2D eigenvalue weighted by molar-refractivity contribution is -0.127. The van der Waals surface area contributed by atoms with Crippen LogP contribution >= 0.6 is 23.7 Å². The number of thiazole rings is 1. The van der Waals surface area contributed by atoms with Crippen LogP contribution in [0.5, 0.6) is 0 Å².